The molecule has 0 aliphatic heterocycles. The number of aryl methyl sites for hydroxylation is 1. The zero-order valence-corrected chi connectivity index (χ0v) is 14.9. The average molecular weight is 350 g/mol. The predicted molar refractivity (Wildman–Crippen MR) is 94.2 cm³/mol. The van der Waals surface area contributed by atoms with Gasteiger partial charge in [-0.1, -0.05) is 0 Å². The highest BCUT2D eigenvalue weighted by atomic mass is 32.2. The summed E-state index contributed by atoms with van der Waals surface area (Å²) in [6.07, 6.45) is 4.12. The van der Waals surface area contributed by atoms with Crippen molar-refractivity contribution in [3.05, 3.63) is 29.7 Å². The smallest absolute Gasteiger partial charge is 0.306 e. The molecule has 130 valence electrons. The molecular formula is C17H22N2O4S. The molecule has 0 saturated carbocycles. The van der Waals surface area contributed by atoms with E-state index in [-0.39, 0.29) is 12.2 Å². The molecule has 0 spiro atoms. The van der Waals surface area contributed by atoms with Crippen LogP contribution in [-0.2, 0) is 4.79 Å². The SMILES string of the molecule is CCOc1cccn2c(C(=O)CC(CCSC)C(=O)O)c(C)nc12. The summed E-state index contributed by atoms with van der Waals surface area (Å²) >= 11 is 1.58. The molecule has 0 saturated heterocycles. The van der Waals surface area contributed by atoms with Crippen molar-refractivity contribution in [1.29, 1.82) is 0 Å². The average Bonchev–Trinajstić information content (AvgIpc) is 2.88. The zero-order valence-electron chi connectivity index (χ0n) is 14.1. The summed E-state index contributed by atoms with van der Waals surface area (Å²) in [5.41, 5.74) is 1.60. The van der Waals surface area contributed by atoms with E-state index in [1.807, 2.05) is 13.2 Å². The monoisotopic (exact) mass is 350 g/mol. The summed E-state index contributed by atoms with van der Waals surface area (Å²) in [7, 11) is 0. The minimum atomic E-state index is -0.932. The summed E-state index contributed by atoms with van der Waals surface area (Å²) in [4.78, 5) is 28.5. The van der Waals surface area contributed by atoms with Gasteiger partial charge in [0, 0.05) is 12.6 Å². The molecule has 0 aromatic carbocycles. The van der Waals surface area contributed by atoms with Gasteiger partial charge in [0.25, 0.3) is 0 Å². The second-order valence-corrected chi connectivity index (χ2v) is 6.47. The molecule has 24 heavy (non-hydrogen) atoms. The molecule has 2 aromatic heterocycles. The van der Waals surface area contributed by atoms with Crippen LogP contribution in [0.4, 0.5) is 0 Å². The lowest BCUT2D eigenvalue weighted by molar-refractivity contribution is -0.141. The lowest BCUT2D eigenvalue weighted by Crippen LogP contribution is -2.20. The molecular weight excluding hydrogens is 328 g/mol. The topological polar surface area (TPSA) is 80.9 Å². The third kappa shape index (κ3) is 3.90. The number of nitrogens with zero attached hydrogens (tertiary/aromatic N) is 2. The lowest BCUT2D eigenvalue weighted by Gasteiger charge is -2.11. The van der Waals surface area contributed by atoms with Crippen LogP contribution in [0, 0.1) is 12.8 Å². The number of aliphatic carboxylic acids is 1. The van der Waals surface area contributed by atoms with Gasteiger partial charge in [-0.3, -0.25) is 14.0 Å². The van der Waals surface area contributed by atoms with Gasteiger partial charge in [-0.2, -0.15) is 11.8 Å². The van der Waals surface area contributed by atoms with E-state index in [1.54, 1.807) is 41.4 Å². The van der Waals surface area contributed by atoms with Crippen LogP contribution in [0.5, 0.6) is 5.75 Å². The minimum Gasteiger partial charge on any atom is -0.490 e. The van der Waals surface area contributed by atoms with E-state index >= 15 is 0 Å². The first-order chi connectivity index (χ1) is 11.5. The number of carbonyl (C=O) groups excluding carboxylic acids is 1. The van der Waals surface area contributed by atoms with Crippen LogP contribution in [0.2, 0.25) is 0 Å². The molecule has 0 amide bonds. The normalized spacial score (nSPS) is 12.3. The highest BCUT2D eigenvalue weighted by Gasteiger charge is 2.25. The van der Waals surface area contributed by atoms with Crippen molar-refractivity contribution in [2.75, 3.05) is 18.6 Å². The van der Waals surface area contributed by atoms with Crippen LogP contribution in [0.1, 0.15) is 35.9 Å². The molecule has 0 bridgehead atoms. The molecule has 2 rings (SSSR count). The minimum absolute atomic E-state index is 0.0244. The number of aromatic nitrogens is 2. The molecule has 0 fully saturated rings. The number of carboxylic acids is 1. The standard InChI is InChI=1S/C17H22N2O4S/c1-4-23-14-6-5-8-19-15(11(2)18-16(14)19)13(20)10-12(17(21)22)7-9-24-3/h5-6,8,12H,4,7,9-10H2,1-3H3,(H,21,22). The van der Waals surface area contributed by atoms with Gasteiger partial charge >= 0.3 is 5.97 Å². The maximum atomic E-state index is 12.7. The maximum Gasteiger partial charge on any atom is 0.306 e. The second-order valence-electron chi connectivity index (χ2n) is 5.49. The Hall–Kier alpha value is -2.02. The van der Waals surface area contributed by atoms with Crippen molar-refractivity contribution in [1.82, 2.24) is 9.38 Å². The van der Waals surface area contributed by atoms with Crippen LogP contribution < -0.4 is 4.74 Å². The number of rotatable bonds is 9. The number of ketones is 1. The lowest BCUT2D eigenvalue weighted by atomic mass is 9.98. The summed E-state index contributed by atoms with van der Waals surface area (Å²) < 4.78 is 7.24. The maximum absolute atomic E-state index is 12.7. The summed E-state index contributed by atoms with van der Waals surface area (Å²) in [6.45, 7) is 4.15. The number of Topliss-reactive ketones (excluding diaryl/α,β-unsaturated/α-hetero) is 1. The van der Waals surface area contributed by atoms with Gasteiger partial charge in [-0.25, -0.2) is 4.98 Å². The van der Waals surface area contributed by atoms with Crippen LogP contribution in [-0.4, -0.2) is 44.9 Å². The Morgan fingerprint density at radius 2 is 2.21 bits per heavy atom. The van der Waals surface area contributed by atoms with E-state index in [2.05, 4.69) is 4.98 Å². The summed E-state index contributed by atoms with van der Waals surface area (Å²) in [5, 5.41) is 9.34. The van der Waals surface area contributed by atoms with Crippen molar-refractivity contribution in [3.8, 4) is 5.75 Å². The fraction of sp³-hybridized carbons (Fsp3) is 0.471. The number of thioether (sulfide) groups is 1. The first-order valence-corrected chi connectivity index (χ1v) is 9.24. The van der Waals surface area contributed by atoms with Gasteiger partial charge in [0.15, 0.2) is 17.2 Å². The van der Waals surface area contributed by atoms with Gasteiger partial charge < -0.3 is 9.84 Å². The van der Waals surface area contributed by atoms with E-state index < -0.39 is 11.9 Å². The Bertz CT molecular complexity index is 742. The molecule has 6 nitrogen and oxygen atoms in total. The highest BCUT2D eigenvalue weighted by Crippen LogP contribution is 2.24. The van der Waals surface area contributed by atoms with E-state index in [9.17, 15) is 14.7 Å². The summed E-state index contributed by atoms with van der Waals surface area (Å²) in [6, 6.07) is 3.59. The molecule has 2 aromatic rings. The molecule has 1 N–H and O–H groups in total. The third-order valence-corrected chi connectivity index (χ3v) is 4.45. The summed E-state index contributed by atoms with van der Waals surface area (Å²) in [5.74, 6) is -0.490. The van der Waals surface area contributed by atoms with Gasteiger partial charge in [0.05, 0.1) is 18.2 Å². The van der Waals surface area contributed by atoms with Crippen LogP contribution in [0.15, 0.2) is 18.3 Å². The first kappa shape index (κ1) is 18.3. The first-order valence-electron chi connectivity index (χ1n) is 7.85. The molecule has 0 aliphatic rings. The largest absolute Gasteiger partial charge is 0.490 e. The molecule has 0 radical (unpaired) electrons. The van der Waals surface area contributed by atoms with E-state index in [0.29, 0.717) is 41.6 Å². The second kappa shape index (κ2) is 8.19. The molecule has 7 heteroatoms. The van der Waals surface area contributed by atoms with Crippen LogP contribution in [0.3, 0.4) is 0 Å². The molecule has 0 aliphatic carbocycles. The van der Waals surface area contributed by atoms with Crippen LogP contribution >= 0.6 is 11.8 Å². The number of hydrogen-bond donors (Lipinski definition) is 1. The number of hydrogen-bond acceptors (Lipinski definition) is 5. The van der Waals surface area contributed by atoms with E-state index in [1.165, 1.54) is 0 Å². The fourth-order valence-corrected chi connectivity index (χ4v) is 3.17. The number of carbonyl (C=O) groups is 2. The van der Waals surface area contributed by atoms with E-state index in [0.717, 1.165) is 0 Å². The van der Waals surface area contributed by atoms with Gasteiger partial charge in [-0.05, 0) is 44.4 Å². The van der Waals surface area contributed by atoms with Gasteiger partial charge in [0.1, 0.15) is 5.69 Å². The molecule has 1 unspecified atom stereocenters. The fourth-order valence-electron chi connectivity index (χ4n) is 2.65. The van der Waals surface area contributed by atoms with Gasteiger partial charge in [-0.15, -0.1) is 0 Å². The Balaban J connectivity index is 2.33. The van der Waals surface area contributed by atoms with Crippen molar-refractivity contribution < 1.29 is 19.4 Å². The number of fused-ring (bicyclic) bond motifs is 1. The van der Waals surface area contributed by atoms with Crippen molar-refractivity contribution in [3.63, 3.8) is 0 Å². The molecule has 1 atom stereocenters. The number of ether oxygens (including phenoxy) is 1. The Labute approximate surface area is 145 Å². The molecule has 2 heterocycles. The third-order valence-electron chi connectivity index (χ3n) is 3.80. The van der Waals surface area contributed by atoms with Crippen LogP contribution in [0.25, 0.3) is 5.65 Å². The highest BCUT2D eigenvalue weighted by molar-refractivity contribution is 7.98. The van der Waals surface area contributed by atoms with Gasteiger partial charge in [0.2, 0.25) is 0 Å². The van der Waals surface area contributed by atoms with Crippen molar-refractivity contribution >= 4 is 29.2 Å². The number of carboxylic acid groups (broad SMARTS) is 1. The van der Waals surface area contributed by atoms with Crippen molar-refractivity contribution in [2.45, 2.75) is 26.7 Å². The Kier molecular flexibility index (Phi) is 6.25. The van der Waals surface area contributed by atoms with Crippen molar-refractivity contribution in [2.24, 2.45) is 5.92 Å². The van der Waals surface area contributed by atoms with E-state index in [4.69, 9.17) is 4.74 Å². The quantitative estimate of drug-likeness (QED) is 0.700. The number of pyridine rings is 1. The predicted octanol–water partition coefficient (Wildman–Crippen LogP) is 3.07. The zero-order chi connectivity index (χ0) is 17.7. The Morgan fingerprint density at radius 1 is 1.46 bits per heavy atom. The number of imidazole rings is 1. The Morgan fingerprint density at radius 3 is 2.83 bits per heavy atom.